The zero-order chi connectivity index (χ0) is 51.0. The number of likely N-dealkylation sites (tertiary alicyclic amines) is 4. The molecule has 0 radical (unpaired) electrons. The standard InChI is InChI=1S/C57H72N12O5/c1-36(2)68-35-60-46-30-45(61-51(50(46)68)67-33-37(31-58)34-67)39-7-10-44-47(27-39)69(42-28-41(29-42)63-19-5-4-6-20-63)55(74)57(44)17-25-66(26-18-57)54(73)56(3)15-23-65(24-16-56)53(72)38-13-21-64(22-14-38)48-11-8-40(32-59-48)43-9-12-49(70)62-52(43)71/h7-8,10,27,30,32,35-38,41-43,48H,4-6,9,11-26,28-29,33-34H2,1-3H3,(H,62,70,71)/t41-,42+,43?,48?. The summed E-state index contributed by atoms with van der Waals surface area (Å²) in [6, 6.07) is 11.8. The third kappa shape index (κ3) is 8.51. The van der Waals surface area contributed by atoms with Crippen molar-refractivity contribution in [3.05, 3.63) is 47.8 Å². The minimum atomic E-state index is -0.714. The second-order valence-electron chi connectivity index (χ2n) is 23.7. The highest BCUT2D eigenvalue weighted by molar-refractivity contribution is 6.10. The maximum Gasteiger partial charge on any atom is 0.238 e. The smallest absolute Gasteiger partial charge is 0.238 e. The first-order valence-corrected chi connectivity index (χ1v) is 27.9. The van der Waals surface area contributed by atoms with Crippen LogP contribution >= 0.6 is 0 Å². The van der Waals surface area contributed by atoms with E-state index in [2.05, 4.69) is 86.7 Å². The normalized spacial score (nSPS) is 27.8. The number of fused-ring (bicyclic) bond motifs is 3. The number of carbonyl (C=O) groups excluding carboxylic acids is 5. The average molecular weight is 1010 g/mol. The van der Waals surface area contributed by atoms with E-state index >= 15 is 4.79 Å². The van der Waals surface area contributed by atoms with E-state index in [-0.39, 0.29) is 65.5 Å². The van der Waals surface area contributed by atoms with Crippen molar-refractivity contribution in [2.45, 2.75) is 140 Å². The fourth-order valence-corrected chi connectivity index (χ4v) is 14.1. The fourth-order valence-electron chi connectivity index (χ4n) is 14.1. The van der Waals surface area contributed by atoms with Gasteiger partial charge in [0.15, 0.2) is 5.82 Å². The van der Waals surface area contributed by atoms with Crippen LogP contribution in [0.15, 0.2) is 47.2 Å². The molecule has 1 N–H and O–H groups in total. The first-order valence-electron chi connectivity index (χ1n) is 27.9. The summed E-state index contributed by atoms with van der Waals surface area (Å²) in [5.74, 6) is 0.476. The molecule has 390 valence electrons. The first kappa shape index (κ1) is 48.9. The van der Waals surface area contributed by atoms with Crippen LogP contribution in [-0.2, 0) is 29.4 Å². The third-order valence-corrected chi connectivity index (χ3v) is 19.0. The van der Waals surface area contributed by atoms with E-state index in [4.69, 9.17) is 15.0 Å². The van der Waals surface area contributed by atoms with E-state index in [1.165, 1.54) is 19.3 Å². The van der Waals surface area contributed by atoms with E-state index in [1.54, 1.807) is 6.21 Å². The van der Waals surface area contributed by atoms with Crippen LogP contribution in [0.4, 0.5) is 11.5 Å². The summed E-state index contributed by atoms with van der Waals surface area (Å²) in [5.41, 5.74) is 5.22. The molecular formula is C57H72N12O5. The summed E-state index contributed by atoms with van der Waals surface area (Å²) >= 11 is 0. The number of aromatic nitrogens is 3. The lowest BCUT2D eigenvalue weighted by Gasteiger charge is -2.48. The molecule has 1 spiro atoms. The molecule has 2 aromatic heterocycles. The van der Waals surface area contributed by atoms with Crippen LogP contribution in [0.5, 0.6) is 0 Å². The molecule has 9 aliphatic rings. The van der Waals surface area contributed by atoms with Crippen LogP contribution in [0.1, 0.15) is 122 Å². The molecule has 10 heterocycles. The van der Waals surface area contributed by atoms with Gasteiger partial charge in [0, 0.05) is 112 Å². The van der Waals surface area contributed by atoms with Crippen molar-refractivity contribution in [2.75, 3.05) is 75.2 Å². The number of aliphatic imine (C=N–C) groups is 1. The quantitative estimate of drug-likeness (QED) is 0.249. The minimum absolute atomic E-state index is 0.0156. The number of nitriles is 1. The molecule has 1 aliphatic carbocycles. The van der Waals surface area contributed by atoms with Crippen molar-refractivity contribution in [3.63, 3.8) is 0 Å². The van der Waals surface area contributed by atoms with E-state index < -0.39 is 10.8 Å². The van der Waals surface area contributed by atoms with Gasteiger partial charge in [-0.1, -0.05) is 31.6 Å². The largest absolute Gasteiger partial charge is 0.352 e. The summed E-state index contributed by atoms with van der Waals surface area (Å²) in [5, 5.41) is 12.1. The molecule has 17 heteroatoms. The number of piperidine rings is 5. The monoisotopic (exact) mass is 1000 g/mol. The van der Waals surface area contributed by atoms with Gasteiger partial charge in [0.2, 0.25) is 29.5 Å². The minimum Gasteiger partial charge on any atom is -0.352 e. The highest BCUT2D eigenvalue weighted by Gasteiger charge is 2.57. The van der Waals surface area contributed by atoms with Gasteiger partial charge in [0.25, 0.3) is 0 Å². The van der Waals surface area contributed by atoms with Gasteiger partial charge in [0.05, 0.1) is 40.9 Å². The molecule has 1 aromatic carbocycles. The van der Waals surface area contributed by atoms with E-state index in [1.807, 2.05) is 16.1 Å². The number of hydrogen-bond acceptors (Lipinski definition) is 12. The number of benzene rings is 1. The van der Waals surface area contributed by atoms with Gasteiger partial charge >= 0.3 is 0 Å². The lowest BCUT2D eigenvalue weighted by atomic mass is 9.72. The van der Waals surface area contributed by atoms with Gasteiger partial charge < -0.3 is 29.1 Å². The predicted octanol–water partition coefficient (Wildman–Crippen LogP) is 5.98. The van der Waals surface area contributed by atoms with Gasteiger partial charge in [-0.25, -0.2) is 9.97 Å². The van der Waals surface area contributed by atoms with Crippen molar-refractivity contribution < 1.29 is 24.0 Å². The number of nitrogens with one attached hydrogen (secondary N) is 1. The summed E-state index contributed by atoms with van der Waals surface area (Å²) in [6.07, 6.45) is 16.9. The van der Waals surface area contributed by atoms with Crippen LogP contribution in [0.3, 0.4) is 0 Å². The lowest BCUT2D eigenvalue weighted by Crippen LogP contribution is -2.59. The first-order chi connectivity index (χ1) is 35.8. The number of hydrogen-bond donors (Lipinski definition) is 1. The highest BCUT2D eigenvalue weighted by Crippen LogP contribution is 2.53. The number of anilines is 2. The molecule has 74 heavy (non-hydrogen) atoms. The Bertz CT molecular complexity index is 2840. The number of amides is 5. The van der Waals surface area contributed by atoms with E-state index in [9.17, 15) is 24.4 Å². The van der Waals surface area contributed by atoms with Crippen molar-refractivity contribution in [3.8, 4) is 17.3 Å². The Kier molecular flexibility index (Phi) is 12.8. The Morgan fingerprint density at radius 2 is 1.58 bits per heavy atom. The molecule has 12 rings (SSSR count). The summed E-state index contributed by atoms with van der Waals surface area (Å²) < 4.78 is 2.16. The Labute approximate surface area is 434 Å². The number of rotatable bonds is 9. The second-order valence-corrected chi connectivity index (χ2v) is 23.7. The van der Waals surface area contributed by atoms with Crippen LogP contribution in [0, 0.1) is 34.5 Å². The number of carbonyl (C=O) groups is 5. The van der Waals surface area contributed by atoms with Crippen LogP contribution < -0.4 is 15.1 Å². The maximum atomic E-state index is 15.3. The summed E-state index contributed by atoms with van der Waals surface area (Å²) in [6.45, 7) is 13.6. The van der Waals surface area contributed by atoms with Gasteiger partial charge in [-0.2, -0.15) is 5.26 Å². The number of imidazole rings is 1. The molecule has 6 saturated heterocycles. The Hall–Kier alpha value is -5.99. The molecule has 8 aliphatic heterocycles. The van der Waals surface area contributed by atoms with Gasteiger partial charge in [0.1, 0.15) is 11.7 Å². The molecule has 1 saturated carbocycles. The topological polar surface area (TPSA) is 184 Å². The molecule has 17 nitrogen and oxygen atoms in total. The Balaban J connectivity index is 0.706. The molecule has 7 fully saturated rings. The second kappa shape index (κ2) is 19.3. The van der Waals surface area contributed by atoms with Crippen LogP contribution in [0.2, 0.25) is 0 Å². The molecule has 0 bridgehead atoms. The maximum absolute atomic E-state index is 15.3. The van der Waals surface area contributed by atoms with Gasteiger partial charge in [-0.3, -0.25) is 39.2 Å². The van der Waals surface area contributed by atoms with Crippen molar-refractivity contribution in [1.29, 1.82) is 5.26 Å². The van der Waals surface area contributed by atoms with Crippen molar-refractivity contribution in [1.82, 2.24) is 39.5 Å². The predicted molar refractivity (Wildman–Crippen MR) is 281 cm³/mol. The van der Waals surface area contributed by atoms with Crippen LogP contribution in [-0.4, -0.2) is 154 Å². The van der Waals surface area contributed by atoms with Gasteiger partial charge in [-0.15, -0.1) is 0 Å². The lowest BCUT2D eigenvalue weighted by molar-refractivity contribution is -0.150. The highest BCUT2D eigenvalue weighted by atomic mass is 16.2. The molecular weight excluding hydrogens is 933 g/mol. The number of imide groups is 1. The zero-order valence-corrected chi connectivity index (χ0v) is 43.5. The SMILES string of the molecule is CC(C)n1cnc2cc(-c3ccc4c(c3)N([C@H]3C[C@@H](N5CCCCC5)C3)C(=O)C43CCN(C(=O)C4(C)CCN(C(=O)C5CCN(C6CC=C(C7CCC(=O)NC7=O)C=N6)CC5)CC4)CC3)nc(N3CC(C#N)C3)c21. The summed E-state index contributed by atoms with van der Waals surface area (Å²) in [4.78, 5) is 96.3. The fraction of sp³-hybridized carbons (Fsp3) is 0.632. The number of nitrogens with zero attached hydrogens (tertiary/aromatic N) is 11. The van der Waals surface area contributed by atoms with E-state index in [0.717, 1.165) is 96.8 Å². The van der Waals surface area contributed by atoms with E-state index in [0.29, 0.717) is 90.3 Å². The third-order valence-electron chi connectivity index (χ3n) is 19.0. The summed E-state index contributed by atoms with van der Waals surface area (Å²) in [7, 11) is 0. The molecule has 5 amide bonds. The Morgan fingerprint density at radius 1 is 0.851 bits per heavy atom. The molecule has 3 aromatic rings. The van der Waals surface area contributed by atoms with Crippen molar-refractivity contribution >= 4 is 58.3 Å². The zero-order valence-electron chi connectivity index (χ0n) is 43.5. The van der Waals surface area contributed by atoms with Gasteiger partial charge in [-0.05, 0) is 121 Å². The van der Waals surface area contributed by atoms with Crippen LogP contribution in [0.25, 0.3) is 22.3 Å². The Morgan fingerprint density at radius 3 is 2.26 bits per heavy atom. The molecule has 2 unspecified atom stereocenters. The molecule has 2 atom stereocenters. The average Bonchev–Trinajstić information content (AvgIpc) is 3.94. The van der Waals surface area contributed by atoms with Crippen molar-refractivity contribution in [2.24, 2.45) is 28.2 Å². The number of dihydropyridines is 1. The number of pyridine rings is 1.